The monoisotopic (exact) mass is 243 g/mol. The Balaban J connectivity index is 2.09. The fourth-order valence-corrected chi connectivity index (χ4v) is 2.15. The van der Waals surface area contributed by atoms with E-state index in [1.807, 2.05) is 0 Å². The number of carbonyl (C=O) groups excluding carboxylic acids is 1. The van der Waals surface area contributed by atoms with Crippen LogP contribution in [-0.2, 0) is 14.2 Å². The lowest BCUT2D eigenvalue weighted by Crippen LogP contribution is -2.19. The summed E-state index contributed by atoms with van der Waals surface area (Å²) >= 11 is 1.29. The van der Waals surface area contributed by atoms with Crippen LogP contribution in [0.4, 0.5) is 0 Å². The predicted molar refractivity (Wildman–Crippen MR) is 57.6 cm³/mol. The zero-order valence-corrected chi connectivity index (χ0v) is 9.95. The highest BCUT2D eigenvalue weighted by atomic mass is 32.1. The Morgan fingerprint density at radius 2 is 2.31 bits per heavy atom. The zero-order valence-electron chi connectivity index (χ0n) is 9.13. The van der Waals surface area contributed by atoms with Crippen LogP contribution in [0.1, 0.15) is 28.7 Å². The maximum Gasteiger partial charge on any atom is 0.219 e. The lowest BCUT2D eigenvalue weighted by Gasteiger charge is -2.05. The number of ether oxygens (including phenoxy) is 3. The van der Waals surface area contributed by atoms with Crippen molar-refractivity contribution in [3.63, 3.8) is 0 Å². The van der Waals surface area contributed by atoms with Gasteiger partial charge in [0.15, 0.2) is 5.01 Å². The summed E-state index contributed by atoms with van der Waals surface area (Å²) in [7, 11) is 1.50. The van der Waals surface area contributed by atoms with E-state index in [9.17, 15) is 4.79 Å². The second-order valence-electron chi connectivity index (χ2n) is 3.39. The smallest absolute Gasteiger partial charge is 0.219 e. The number of methoxy groups -OCH3 is 1. The summed E-state index contributed by atoms with van der Waals surface area (Å²) in [6, 6.07) is 0. The molecule has 1 unspecified atom stereocenters. The second-order valence-corrected chi connectivity index (χ2v) is 4.25. The molecule has 0 bridgehead atoms. The van der Waals surface area contributed by atoms with Crippen molar-refractivity contribution in [3.05, 3.63) is 16.1 Å². The van der Waals surface area contributed by atoms with E-state index in [4.69, 9.17) is 14.2 Å². The lowest BCUT2D eigenvalue weighted by molar-refractivity contribution is -0.0469. The third kappa shape index (κ3) is 2.30. The van der Waals surface area contributed by atoms with Gasteiger partial charge in [-0.15, -0.1) is 11.3 Å². The molecule has 1 aromatic rings. The van der Waals surface area contributed by atoms with Gasteiger partial charge in [-0.05, 0) is 6.92 Å². The Bertz CT molecular complexity index is 373. The van der Waals surface area contributed by atoms with Crippen LogP contribution in [0.25, 0.3) is 0 Å². The number of hydrogen-bond acceptors (Lipinski definition) is 6. The molecular formula is C10H13NO4S. The number of rotatable bonds is 4. The molecule has 0 radical (unpaired) electrons. The van der Waals surface area contributed by atoms with Crippen LogP contribution in [0.5, 0.6) is 0 Å². The van der Waals surface area contributed by atoms with Crippen molar-refractivity contribution in [2.75, 3.05) is 20.3 Å². The summed E-state index contributed by atoms with van der Waals surface area (Å²) < 4.78 is 15.6. The second kappa shape index (κ2) is 5.01. The number of thiazole rings is 1. The van der Waals surface area contributed by atoms with Crippen LogP contribution >= 0.6 is 11.3 Å². The van der Waals surface area contributed by atoms with E-state index in [2.05, 4.69) is 4.98 Å². The maximum absolute atomic E-state index is 11.7. The van der Waals surface area contributed by atoms with Gasteiger partial charge in [0, 0.05) is 12.5 Å². The molecule has 1 saturated heterocycles. The van der Waals surface area contributed by atoms with E-state index >= 15 is 0 Å². The molecule has 0 amide bonds. The highest BCUT2D eigenvalue weighted by Crippen LogP contribution is 2.25. The summed E-state index contributed by atoms with van der Waals surface area (Å²) in [6.07, 6.45) is -0.889. The summed E-state index contributed by atoms with van der Waals surface area (Å²) in [5, 5.41) is 2.22. The molecule has 2 heterocycles. The van der Waals surface area contributed by atoms with Gasteiger partial charge in [0.1, 0.15) is 11.8 Å². The molecule has 1 atom stereocenters. The number of carbonyl (C=O) groups is 1. The summed E-state index contributed by atoms with van der Waals surface area (Å²) in [4.78, 5) is 15.9. The first-order chi connectivity index (χ1) is 7.72. The van der Waals surface area contributed by atoms with Gasteiger partial charge in [-0.2, -0.15) is 0 Å². The van der Waals surface area contributed by atoms with Crippen molar-refractivity contribution in [3.8, 4) is 0 Å². The molecule has 0 N–H and O–H groups in total. The van der Waals surface area contributed by atoms with Crippen molar-refractivity contribution < 1.29 is 19.0 Å². The van der Waals surface area contributed by atoms with Gasteiger partial charge in [-0.3, -0.25) is 4.79 Å². The Labute approximate surface area is 97.3 Å². The molecule has 1 aromatic heterocycles. The number of nitrogens with zero attached hydrogens (tertiary/aromatic N) is 1. The minimum atomic E-state index is -0.468. The van der Waals surface area contributed by atoms with Gasteiger partial charge in [0.2, 0.25) is 12.1 Å². The molecule has 88 valence electrons. The zero-order chi connectivity index (χ0) is 11.5. The number of aromatic nitrogens is 1. The van der Waals surface area contributed by atoms with Crippen molar-refractivity contribution in [2.45, 2.75) is 19.3 Å². The van der Waals surface area contributed by atoms with Crippen LogP contribution in [0.2, 0.25) is 0 Å². The van der Waals surface area contributed by atoms with Gasteiger partial charge < -0.3 is 14.2 Å². The Morgan fingerprint density at radius 1 is 1.62 bits per heavy atom. The SMILES string of the molecule is COC(C)C(=O)c1nc(C2OCCO2)cs1. The number of ketones is 1. The van der Waals surface area contributed by atoms with Gasteiger partial charge in [0.05, 0.1) is 13.2 Å². The minimum absolute atomic E-state index is 0.114. The summed E-state index contributed by atoms with van der Waals surface area (Å²) in [6.45, 7) is 2.84. The number of hydrogen-bond donors (Lipinski definition) is 0. The maximum atomic E-state index is 11.7. The highest BCUT2D eigenvalue weighted by molar-refractivity contribution is 7.11. The van der Waals surface area contributed by atoms with Gasteiger partial charge in [0.25, 0.3) is 0 Å². The average molecular weight is 243 g/mol. The van der Waals surface area contributed by atoms with Crippen LogP contribution in [0, 0.1) is 0 Å². The van der Waals surface area contributed by atoms with E-state index in [0.717, 1.165) is 0 Å². The summed E-state index contributed by atoms with van der Waals surface area (Å²) in [5.74, 6) is -0.114. The summed E-state index contributed by atoms with van der Waals surface area (Å²) in [5.41, 5.74) is 0.661. The Morgan fingerprint density at radius 3 is 2.94 bits per heavy atom. The molecule has 2 rings (SSSR count). The molecule has 6 heteroatoms. The van der Waals surface area contributed by atoms with Crippen molar-refractivity contribution >= 4 is 17.1 Å². The molecule has 1 aliphatic rings. The lowest BCUT2D eigenvalue weighted by atomic mass is 10.3. The van der Waals surface area contributed by atoms with Crippen LogP contribution < -0.4 is 0 Å². The van der Waals surface area contributed by atoms with E-state index in [0.29, 0.717) is 23.9 Å². The molecule has 16 heavy (non-hydrogen) atoms. The third-order valence-electron chi connectivity index (χ3n) is 2.32. The van der Waals surface area contributed by atoms with Crippen molar-refractivity contribution in [1.29, 1.82) is 0 Å². The quantitative estimate of drug-likeness (QED) is 0.748. The van der Waals surface area contributed by atoms with Crippen LogP contribution in [0.3, 0.4) is 0 Å². The Hall–Kier alpha value is -0.820. The van der Waals surface area contributed by atoms with Crippen LogP contribution in [-0.4, -0.2) is 37.2 Å². The molecular weight excluding hydrogens is 230 g/mol. The first kappa shape index (κ1) is 11.7. The third-order valence-corrected chi connectivity index (χ3v) is 3.19. The molecule has 1 fully saturated rings. The Kier molecular flexibility index (Phi) is 3.65. The fraction of sp³-hybridized carbons (Fsp3) is 0.600. The first-order valence-electron chi connectivity index (χ1n) is 4.98. The minimum Gasteiger partial charge on any atom is -0.373 e. The largest absolute Gasteiger partial charge is 0.373 e. The van der Waals surface area contributed by atoms with Gasteiger partial charge >= 0.3 is 0 Å². The standard InChI is InChI=1S/C10H13NO4S/c1-6(13-2)8(12)9-11-7(5-16-9)10-14-3-4-15-10/h5-6,10H,3-4H2,1-2H3. The fourth-order valence-electron chi connectivity index (χ4n) is 1.32. The molecule has 0 aromatic carbocycles. The molecule has 5 nitrogen and oxygen atoms in total. The predicted octanol–water partition coefficient (Wildman–Crippen LogP) is 1.41. The average Bonchev–Trinajstić information content (AvgIpc) is 2.96. The van der Waals surface area contributed by atoms with Crippen molar-refractivity contribution in [1.82, 2.24) is 4.98 Å². The van der Waals surface area contributed by atoms with E-state index in [-0.39, 0.29) is 5.78 Å². The molecule has 0 spiro atoms. The van der Waals surface area contributed by atoms with Crippen molar-refractivity contribution in [2.24, 2.45) is 0 Å². The van der Waals surface area contributed by atoms with E-state index < -0.39 is 12.4 Å². The van der Waals surface area contributed by atoms with Gasteiger partial charge in [-0.25, -0.2) is 4.98 Å². The topological polar surface area (TPSA) is 57.7 Å². The highest BCUT2D eigenvalue weighted by Gasteiger charge is 2.24. The molecule has 0 saturated carbocycles. The van der Waals surface area contributed by atoms with E-state index in [1.165, 1.54) is 18.4 Å². The first-order valence-corrected chi connectivity index (χ1v) is 5.86. The van der Waals surface area contributed by atoms with Crippen LogP contribution in [0.15, 0.2) is 5.38 Å². The number of Topliss-reactive ketones (excluding diaryl/α,β-unsaturated/α-hetero) is 1. The molecule has 0 aliphatic carbocycles. The van der Waals surface area contributed by atoms with Gasteiger partial charge in [-0.1, -0.05) is 0 Å². The normalized spacial score (nSPS) is 18.9. The van der Waals surface area contributed by atoms with E-state index in [1.54, 1.807) is 12.3 Å². The molecule has 1 aliphatic heterocycles.